The average Bonchev–Trinajstić information content (AvgIpc) is 2.64. The highest BCUT2D eigenvalue weighted by molar-refractivity contribution is 5.38. The van der Waals surface area contributed by atoms with Gasteiger partial charge < -0.3 is 4.90 Å². The molecule has 0 aliphatic carbocycles. The van der Waals surface area contributed by atoms with Crippen molar-refractivity contribution in [3.05, 3.63) is 18.1 Å². The molecule has 1 aromatic heterocycles. The molecule has 0 spiro atoms. The van der Waals surface area contributed by atoms with Gasteiger partial charge in [0.25, 0.3) is 0 Å². The van der Waals surface area contributed by atoms with E-state index in [9.17, 15) is 0 Å². The van der Waals surface area contributed by atoms with Crippen molar-refractivity contribution in [2.75, 3.05) is 18.0 Å². The quantitative estimate of drug-likeness (QED) is 0.727. The van der Waals surface area contributed by atoms with Gasteiger partial charge in [-0.3, -0.25) is 4.98 Å². The predicted octanol–water partition coefficient (Wildman–Crippen LogP) is 2.62. The maximum Gasteiger partial charge on any atom is 0.147 e. The first-order valence-electron chi connectivity index (χ1n) is 6.04. The first-order valence-corrected chi connectivity index (χ1v) is 6.04. The van der Waals surface area contributed by atoms with Crippen molar-refractivity contribution >= 4 is 5.82 Å². The zero-order valence-corrected chi connectivity index (χ0v) is 10.7. The Morgan fingerprint density at radius 2 is 2.06 bits per heavy atom. The molecule has 1 aromatic rings. The summed E-state index contributed by atoms with van der Waals surface area (Å²) in [6, 6.07) is 0. The summed E-state index contributed by atoms with van der Waals surface area (Å²) in [5, 5.41) is 0. The number of rotatable bonds is 1. The van der Waals surface area contributed by atoms with E-state index >= 15 is 0 Å². The number of hydrogen-bond donors (Lipinski definition) is 0. The van der Waals surface area contributed by atoms with Crippen LogP contribution in [0.25, 0.3) is 0 Å². The second-order valence-electron chi connectivity index (χ2n) is 5.85. The molecular weight excluding hydrogens is 198 g/mol. The fraction of sp³-hybridized carbons (Fsp3) is 0.692. The van der Waals surface area contributed by atoms with Crippen molar-refractivity contribution in [1.29, 1.82) is 0 Å². The Labute approximate surface area is 97.9 Å². The van der Waals surface area contributed by atoms with Crippen molar-refractivity contribution in [1.82, 2.24) is 9.97 Å². The van der Waals surface area contributed by atoms with Crippen molar-refractivity contribution in [3.63, 3.8) is 0 Å². The van der Waals surface area contributed by atoms with Crippen LogP contribution < -0.4 is 4.90 Å². The van der Waals surface area contributed by atoms with Gasteiger partial charge in [-0.25, -0.2) is 4.98 Å². The molecule has 0 saturated carbocycles. The summed E-state index contributed by atoms with van der Waals surface area (Å²) >= 11 is 0. The van der Waals surface area contributed by atoms with E-state index in [0.29, 0.717) is 0 Å². The van der Waals surface area contributed by atoms with Gasteiger partial charge in [0.15, 0.2) is 0 Å². The zero-order chi connectivity index (χ0) is 11.8. The third kappa shape index (κ3) is 2.34. The van der Waals surface area contributed by atoms with Gasteiger partial charge in [-0.15, -0.1) is 0 Å². The molecule has 1 aliphatic rings. The summed E-state index contributed by atoms with van der Waals surface area (Å²) in [6.07, 6.45) is 5.03. The molecule has 2 rings (SSSR count). The zero-order valence-electron chi connectivity index (χ0n) is 10.7. The molecule has 1 aliphatic heterocycles. The minimum Gasteiger partial charge on any atom is -0.355 e. The Morgan fingerprint density at radius 1 is 1.31 bits per heavy atom. The monoisotopic (exact) mass is 219 g/mol. The summed E-state index contributed by atoms with van der Waals surface area (Å²) in [6.45, 7) is 11.0. The number of nitrogens with zero attached hydrogens (tertiary/aromatic N) is 3. The fourth-order valence-electron chi connectivity index (χ4n) is 2.01. The lowest BCUT2D eigenvalue weighted by molar-refractivity contribution is 0.564. The van der Waals surface area contributed by atoms with Crippen LogP contribution >= 0.6 is 0 Å². The van der Waals surface area contributed by atoms with E-state index in [2.05, 4.69) is 37.6 Å². The van der Waals surface area contributed by atoms with E-state index in [1.165, 1.54) is 6.42 Å². The van der Waals surface area contributed by atoms with Gasteiger partial charge in [0, 0.05) is 24.7 Å². The van der Waals surface area contributed by atoms with Crippen LogP contribution in [-0.2, 0) is 5.41 Å². The van der Waals surface area contributed by atoms with Gasteiger partial charge in [0.05, 0.1) is 11.9 Å². The van der Waals surface area contributed by atoms with E-state index in [1.807, 2.05) is 12.4 Å². The lowest BCUT2D eigenvalue weighted by Crippen LogP contribution is -2.23. The summed E-state index contributed by atoms with van der Waals surface area (Å²) in [4.78, 5) is 11.4. The molecule has 1 saturated heterocycles. The largest absolute Gasteiger partial charge is 0.355 e. The third-order valence-electron chi connectivity index (χ3n) is 3.14. The van der Waals surface area contributed by atoms with E-state index in [1.54, 1.807) is 0 Å². The summed E-state index contributed by atoms with van der Waals surface area (Å²) in [5.41, 5.74) is 1.15. The average molecular weight is 219 g/mol. The van der Waals surface area contributed by atoms with Crippen LogP contribution in [0.5, 0.6) is 0 Å². The molecular formula is C13H21N3. The molecule has 2 heterocycles. The van der Waals surface area contributed by atoms with Crippen molar-refractivity contribution < 1.29 is 0 Å². The molecule has 0 aromatic carbocycles. The molecule has 3 heteroatoms. The van der Waals surface area contributed by atoms with Gasteiger partial charge in [0.2, 0.25) is 0 Å². The smallest absolute Gasteiger partial charge is 0.147 e. The van der Waals surface area contributed by atoms with Gasteiger partial charge in [-0.05, 0) is 12.3 Å². The number of anilines is 1. The van der Waals surface area contributed by atoms with Gasteiger partial charge >= 0.3 is 0 Å². The Balaban J connectivity index is 2.23. The number of aromatic nitrogens is 2. The van der Waals surface area contributed by atoms with Gasteiger partial charge in [-0.1, -0.05) is 27.7 Å². The van der Waals surface area contributed by atoms with Crippen LogP contribution in [0.4, 0.5) is 5.82 Å². The molecule has 1 fully saturated rings. The van der Waals surface area contributed by atoms with Crippen LogP contribution in [0.2, 0.25) is 0 Å². The third-order valence-corrected chi connectivity index (χ3v) is 3.14. The summed E-state index contributed by atoms with van der Waals surface area (Å²) in [5.74, 6) is 1.82. The molecule has 0 radical (unpaired) electrons. The van der Waals surface area contributed by atoms with Gasteiger partial charge in [-0.2, -0.15) is 0 Å². The highest BCUT2D eigenvalue weighted by Crippen LogP contribution is 2.24. The maximum absolute atomic E-state index is 4.72. The van der Waals surface area contributed by atoms with Crippen LogP contribution in [0.3, 0.4) is 0 Å². The van der Waals surface area contributed by atoms with E-state index in [0.717, 1.165) is 30.5 Å². The first-order chi connectivity index (χ1) is 7.47. The van der Waals surface area contributed by atoms with E-state index in [4.69, 9.17) is 4.98 Å². The molecule has 0 amide bonds. The Morgan fingerprint density at radius 3 is 2.62 bits per heavy atom. The normalized spacial score (nSPS) is 21.5. The Hall–Kier alpha value is -1.12. The van der Waals surface area contributed by atoms with Crippen molar-refractivity contribution in [2.24, 2.45) is 5.92 Å². The molecule has 3 nitrogen and oxygen atoms in total. The Kier molecular flexibility index (Phi) is 2.87. The molecule has 88 valence electrons. The molecule has 1 unspecified atom stereocenters. The van der Waals surface area contributed by atoms with Crippen LogP contribution in [0, 0.1) is 5.92 Å². The Bertz CT molecular complexity index is 368. The van der Waals surface area contributed by atoms with Crippen molar-refractivity contribution in [2.45, 2.75) is 39.5 Å². The predicted molar refractivity (Wildman–Crippen MR) is 66.7 cm³/mol. The topological polar surface area (TPSA) is 29.0 Å². The van der Waals surface area contributed by atoms with Crippen LogP contribution in [0.1, 0.15) is 39.8 Å². The van der Waals surface area contributed by atoms with Crippen molar-refractivity contribution in [3.8, 4) is 0 Å². The minimum absolute atomic E-state index is 0.0777. The van der Waals surface area contributed by atoms with Crippen LogP contribution in [-0.4, -0.2) is 23.1 Å². The molecule has 0 N–H and O–H groups in total. The molecule has 1 atom stereocenters. The standard InChI is InChI=1S/C13H21N3/c1-10-5-6-16(9-10)12-8-14-7-11(15-12)13(2,3)4/h7-8,10H,5-6,9H2,1-4H3. The van der Waals surface area contributed by atoms with Gasteiger partial charge in [0.1, 0.15) is 5.82 Å². The SMILES string of the molecule is CC1CCN(c2cncc(C(C)(C)C)n2)C1. The van der Waals surface area contributed by atoms with E-state index in [-0.39, 0.29) is 5.41 Å². The van der Waals surface area contributed by atoms with Crippen LogP contribution in [0.15, 0.2) is 12.4 Å². The molecule has 16 heavy (non-hydrogen) atoms. The lowest BCUT2D eigenvalue weighted by Gasteiger charge is -2.21. The second kappa shape index (κ2) is 4.04. The summed E-state index contributed by atoms with van der Waals surface area (Å²) in [7, 11) is 0. The highest BCUT2D eigenvalue weighted by Gasteiger charge is 2.22. The lowest BCUT2D eigenvalue weighted by atomic mass is 9.93. The second-order valence-corrected chi connectivity index (χ2v) is 5.85. The summed E-state index contributed by atoms with van der Waals surface area (Å²) < 4.78 is 0. The highest BCUT2D eigenvalue weighted by atomic mass is 15.2. The molecule has 0 bridgehead atoms. The number of hydrogen-bond acceptors (Lipinski definition) is 3. The maximum atomic E-state index is 4.72. The fourth-order valence-corrected chi connectivity index (χ4v) is 2.01. The first kappa shape index (κ1) is 11.4. The minimum atomic E-state index is 0.0777. The van der Waals surface area contributed by atoms with E-state index < -0.39 is 0 Å².